The standard InChI is InChI=1S/C13H18ClO5PS2/c1-4-17-20(21,18-5-2)19-13(10-22(3,15)16)11-8-6-7-9-12(11)14/h6-10H,4-5H2,1-3H3/b13-10-. The van der Waals surface area contributed by atoms with E-state index in [4.69, 9.17) is 37.0 Å². The second kappa shape index (κ2) is 8.43. The molecule has 5 nitrogen and oxygen atoms in total. The Bertz CT molecular complexity index is 677. The Kier molecular flexibility index (Phi) is 7.52. The van der Waals surface area contributed by atoms with Crippen LogP contribution in [0.4, 0.5) is 0 Å². The Labute approximate surface area is 141 Å². The van der Waals surface area contributed by atoms with Crippen LogP contribution in [0.1, 0.15) is 19.4 Å². The molecule has 0 aliphatic rings. The van der Waals surface area contributed by atoms with E-state index in [1.165, 1.54) is 0 Å². The normalized spacial score (nSPS) is 13.2. The van der Waals surface area contributed by atoms with Crippen LogP contribution in [-0.4, -0.2) is 27.9 Å². The quantitative estimate of drug-likeness (QED) is 0.498. The van der Waals surface area contributed by atoms with Crippen LogP contribution in [0.2, 0.25) is 5.02 Å². The molecule has 0 heterocycles. The average molecular weight is 385 g/mol. The molecule has 0 unspecified atom stereocenters. The van der Waals surface area contributed by atoms with Crippen molar-refractivity contribution in [2.75, 3.05) is 19.5 Å². The SMILES string of the molecule is CCOP(=S)(OCC)O/C(=C\S(C)(=O)=O)c1ccccc1Cl. The highest BCUT2D eigenvalue weighted by Gasteiger charge is 2.25. The number of sulfone groups is 1. The zero-order valence-electron chi connectivity index (χ0n) is 12.5. The predicted octanol–water partition coefficient (Wildman–Crippen LogP) is 4.00. The summed E-state index contributed by atoms with van der Waals surface area (Å²) in [6, 6.07) is 6.70. The third kappa shape index (κ3) is 6.36. The van der Waals surface area contributed by atoms with Gasteiger partial charge < -0.3 is 4.52 Å². The second-order valence-electron chi connectivity index (χ2n) is 4.17. The fourth-order valence-corrected chi connectivity index (χ4v) is 4.46. The van der Waals surface area contributed by atoms with E-state index in [2.05, 4.69) is 0 Å². The molecule has 0 spiro atoms. The van der Waals surface area contributed by atoms with Crippen molar-refractivity contribution >= 4 is 45.7 Å². The van der Waals surface area contributed by atoms with Crippen LogP contribution in [0.15, 0.2) is 29.7 Å². The molecular formula is C13H18ClO5PS2. The lowest BCUT2D eigenvalue weighted by atomic mass is 10.2. The fraction of sp³-hybridized carbons (Fsp3) is 0.385. The summed E-state index contributed by atoms with van der Waals surface area (Å²) in [4.78, 5) is 0. The molecule has 1 aromatic rings. The van der Waals surface area contributed by atoms with Crippen LogP contribution in [0.25, 0.3) is 5.76 Å². The highest BCUT2D eigenvalue weighted by molar-refractivity contribution is 8.07. The number of hydrogen-bond acceptors (Lipinski definition) is 6. The summed E-state index contributed by atoms with van der Waals surface area (Å²) in [7, 11) is -3.48. The molecule has 0 radical (unpaired) electrons. The number of benzene rings is 1. The van der Waals surface area contributed by atoms with E-state index in [-0.39, 0.29) is 19.0 Å². The zero-order valence-corrected chi connectivity index (χ0v) is 15.8. The van der Waals surface area contributed by atoms with Gasteiger partial charge in [-0.3, -0.25) is 9.05 Å². The molecule has 124 valence electrons. The maximum atomic E-state index is 11.6. The Hall–Kier alpha value is -0.430. The number of halogens is 1. The first-order valence-corrected chi connectivity index (χ1v) is 11.3. The Morgan fingerprint density at radius 1 is 1.27 bits per heavy atom. The maximum absolute atomic E-state index is 11.6. The molecule has 1 rings (SSSR count). The van der Waals surface area contributed by atoms with E-state index in [1.54, 1.807) is 38.1 Å². The largest absolute Gasteiger partial charge is 0.423 e. The van der Waals surface area contributed by atoms with E-state index in [9.17, 15) is 8.42 Å². The van der Waals surface area contributed by atoms with Gasteiger partial charge in [0.15, 0.2) is 9.84 Å². The Morgan fingerprint density at radius 2 is 1.82 bits per heavy atom. The lowest BCUT2D eigenvalue weighted by Gasteiger charge is -2.23. The summed E-state index contributed by atoms with van der Waals surface area (Å²) >= 11 is 11.4. The van der Waals surface area contributed by atoms with Crippen LogP contribution >= 0.6 is 18.3 Å². The van der Waals surface area contributed by atoms with Gasteiger partial charge in [-0.25, -0.2) is 8.42 Å². The van der Waals surface area contributed by atoms with Crippen molar-refractivity contribution in [1.82, 2.24) is 0 Å². The maximum Gasteiger partial charge on any atom is 0.380 e. The van der Waals surface area contributed by atoms with Crippen LogP contribution in [0.5, 0.6) is 0 Å². The summed E-state index contributed by atoms with van der Waals surface area (Å²) in [6.45, 7) is 0.960. The number of hydrogen-bond donors (Lipinski definition) is 0. The van der Waals surface area contributed by atoms with Crippen molar-refractivity contribution in [1.29, 1.82) is 0 Å². The van der Waals surface area contributed by atoms with Crippen molar-refractivity contribution < 1.29 is 22.0 Å². The van der Waals surface area contributed by atoms with Gasteiger partial charge in [-0.1, -0.05) is 23.7 Å². The second-order valence-corrected chi connectivity index (χ2v) is 9.40. The Balaban J connectivity index is 3.32. The summed E-state index contributed by atoms with van der Waals surface area (Å²) in [5, 5.41) is 1.31. The monoisotopic (exact) mass is 384 g/mol. The molecule has 0 fully saturated rings. The molecule has 9 heteroatoms. The van der Waals surface area contributed by atoms with Gasteiger partial charge in [-0.2, -0.15) is 0 Å². The van der Waals surface area contributed by atoms with Crippen molar-refractivity contribution in [3.63, 3.8) is 0 Å². The minimum atomic E-state index is -3.48. The van der Waals surface area contributed by atoms with Crippen LogP contribution < -0.4 is 0 Å². The molecule has 0 atom stereocenters. The lowest BCUT2D eigenvalue weighted by Crippen LogP contribution is -2.02. The highest BCUT2D eigenvalue weighted by atomic mass is 35.5. The van der Waals surface area contributed by atoms with Gasteiger partial charge in [0.25, 0.3) is 0 Å². The van der Waals surface area contributed by atoms with Crippen molar-refractivity contribution in [3.8, 4) is 0 Å². The van der Waals surface area contributed by atoms with Gasteiger partial charge in [0.2, 0.25) is 0 Å². The summed E-state index contributed by atoms with van der Waals surface area (Å²) in [5.41, 5.74) is 0.406. The van der Waals surface area contributed by atoms with Gasteiger partial charge in [0, 0.05) is 23.6 Å². The molecule has 0 N–H and O–H groups in total. The van der Waals surface area contributed by atoms with Gasteiger partial charge in [-0.15, -0.1) is 0 Å². The lowest BCUT2D eigenvalue weighted by molar-refractivity contribution is 0.210. The minimum Gasteiger partial charge on any atom is -0.423 e. The fourth-order valence-electron chi connectivity index (χ4n) is 1.52. The van der Waals surface area contributed by atoms with E-state index in [0.29, 0.717) is 10.6 Å². The van der Waals surface area contributed by atoms with E-state index in [0.717, 1.165) is 11.7 Å². The zero-order chi connectivity index (χ0) is 16.8. The van der Waals surface area contributed by atoms with Crippen LogP contribution in [0.3, 0.4) is 0 Å². The molecule has 0 saturated heterocycles. The van der Waals surface area contributed by atoms with Crippen LogP contribution in [-0.2, 0) is 35.2 Å². The van der Waals surface area contributed by atoms with E-state index in [1.807, 2.05) is 0 Å². The van der Waals surface area contributed by atoms with Crippen LogP contribution in [0, 0.1) is 0 Å². The van der Waals surface area contributed by atoms with Gasteiger partial charge in [0.05, 0.1) is 23.6 Å². The molecule has 1 aromatic carbocycles. The molecule has 0 aliphatic heterocycles. The Morgan fingerprint density at radius 3 is 2.27 bits per heavy atom. The molecule has 0 amide bonds. The molecule has 22 heavy (non-hydrogen) atoms. The predicted molar refractivity (Wildman–Crippen MR) is 92.9 cm³/mol. The van der Waals surface area contributed by atoms with Crippen molar-refractivity contribution in [3.05, 3.63) is 40.3 Å². The minimum absolute atomic E-state index is 0.0123. The molecule has 0 aromatic heterocycles. The smallest absolute Gasteiger partial charge is 0.380 e. The molecule has 0 aliphatic carbocycles. The first-order valence-electron chi connectivity index (χ1n) is 6.46. The van der Waals surface area contributed by atoms with E-state index < -0.39 is 16.6 Å². The highest BCUT2D eigenvalue weighted by Crippen LogP contribution is 2.53. The summed E-state index contributed by atoms with van der Waals surface area (Å²) < 4.78 is 39.6. The topological polar surface area (TPSA) is 61.8 Å². The number of rotatable bonds is 8. The third-order valence-electron chi connectivity index (χ3n) is 2.25. The average Bonchev–Trinajstić information content (AvgIpc) is 2.37. The van der Waals surface area contributed by atoms with Gasteiger partial charge in [0.1, 0.15) is 5.76 Å². The van der Waals surface area contributed by atoms with Crippen molar-refractivity contribution in [2.24, 2.45) is 0 Å². The van der Waals surface area contributed by atoms with E-state index >= 15 is 0 Å². The summed E-state index contributed by atoms with van der Waals surface area (Å²) in [6.07, 6.45) is 1.05. The first-order chi connectivity index (χ1) is 10.2. The first kappa shape index (κ1) is 19.6. The summed E-state index contributed by atoms with van der Waals surface area (Å²) in [5.74, 6) is 0.0123. The van der Waals surface area contributed by atoms with Gasteiger partial charge >= 0.3 is 6.72 Å². The molecular weight excluding hydrogens is 367 g/mol. The third-order valence-corrected chi connectivity index (χ3v) is 5.64. The van der Waals surface area contributed by atoms with Gasteiger partial charge in [-0.05, 0) is 26.0 Å². The molecule has 0 saturated carbocycles. The van der Waals surface area contributed by atoms with Crippen molar-refractivity contribution in [2.45, 2.75) is 13.8 Å². The molecule has 0 bridgehead atoms.